The molecule has 0 radical (unpaired) electrons. The van der Waals surface area contributed by atoms with E-state index in [0.717, 1.165) is 6.42 Å². The largest absolute Gasteiger partial charge is 0.348 e. The molecule has 0 aromatic heterocycles. The molecule has 0 saturated heterocycles. The molecule has 0 fully saturated rings. The molecular weight excluding hydrogens is 284 g/mol. The third-order valence-electron chi connectivity index (χ3n) is 3.97. The van der Waals surface area contributed by atoms with Crippen LogP contribution in [0.25, 0.3) is 0 Å². The Balaban J connectivity index is 1.81. The quantitative estimate of drug-likeness (QED) is 0.592. The monoisotopic (exact) mass is 312 g/mol. The van der Waals surface area contributed by atoms with Crippen molar-refractivity contribution in [2.24, 2.45) is 0 Å². The molecule has 2 nitrogen and oxygen atoms in total. The van der Waals surface area contributed by atoms with Gasteiger partial charge in [0, 0.05) is 0 Å². The number of aryl methyl sites for hydroxylation is 1. The van der Waals surface area contributed by atoms with Crippen molar-refractivity contribution in [3.63, 3.8) is 0 Å². The number of hydrogen-bond donors (Lipinski definition) is 0. The highest BCUT2D eigenvalue weighted by molar-refractivity contribution is 5.24. The Hall–Kier alpha value is -1.64. The molecule has 0 saturated carbocycles. The van der Waals surface area contributed by atoms with Gasteiger partial charge in [0.05, 0.1) is 13.2 Å². The molecule has 2 heteroatoms. The maximum absolute atomic E-state index is 5.90. The summed E-state index contributed by atoms with van der Waals surface area (Å²) in [7, 11) is 0. The standard InChI is InChI=1S/C21H28O2/c1-5-21(22-14-18-8-6-17(4)7-9-18)23-15-19-10-12-20(13-11-19)16(2)3/h6-13,16,21H,5,14-15H2,1-4H3. The number of hydrogen-bond acceptors (Lipinski definition) is 2. The summed E-state index contributed by atoms with van der Waals surface area (Å²) in [5.74, 6) is 0.561. The third-order valence-corrected chi connectivity index (χ3v) is 3.97. The van der Waals surface area contributed by atoms with E-state index in [1.165, 1.54) is 22.3 Å². The van der Waals surface area contributed by atoms with Gasteiger partial charge in [0.1, 0.15) is 0 Å². The van der Waals surface area contributed by atoms with Crippen molar-refractivity contribution in [1.29, 1.82) is 0 Å². The second-order valence-corrected chi connectivity index (χ2v) is 6.34. The molecule has 0 heterocycles. The highest BCUT2D eigenvalue weighted by Crippen LogP contribution is 2.16. The summed E-state index contributed by atoms with van der Waals surface area (Å²) >= 11 is 0. The first-order valence-corrected chi connectivity index (χ1v) is 8.46. The fraction of sp³-hybridized carbons (Fsp3) is 0.429. The molecule has 0 aliphatic rings. The van der Waals surface area contributed by atoms with Crippen LogP contribution in [0.15, 0.2) is 48.5 Å². The summed E-state index contributed by atoms with van der Waals surface area (Å²) < 4.78 is 11.8. The molecule has 2 aromatic carbocycles. The summed E-state index contributed by atoms with van der Waals surface area (Å²) in [6.45, 7) is 9.76. The highest BCUT2D eigenvalue weighted by Gasteiger charge is 2.08. The molecule has 124 valence electrons. The minimum absolute atomic E-state index is 0.166. The molecule has 0 aliphatic carbocycles. The van der Waals surface area contributed by atoms with Crippen molar-refractivity contribution in [1.82, 2.24) is 0 Å². The van der Waals surface area contributed by atoms with Gasteiger partial charge in [-0.25, -0.2) is 0 Å². The Morgan fingerprint density at radius 3 is 1.70 bits per heavy atom. The van der Waals surface area contributed by atoms with Gasteiger partial charge >= 0.3 is 0 Å². The molecule has 0 amide bonds. The smallest absolute Gasteiger partial charge is 0.158 e. The summed E-state index contributed by atoms with van der Waals surface area (Å²) in [6, 6.07) is 17.1. The van der Waals surface area contributed by atoms with E-state index in [4.69, 9.17) is 9.47 Å². The Morgan fingerprint density at radius 1 is 0.783 bits per heavy atom. The van der Waals surface area contributed by atoms with Crippen LogP contribution < -0.4 is 0 Å². The lowest BCUT2D eigenvalue weighted by atomic mass is 10.0. The van der Waals surface area contributed by atoms with Crippen LogP contribution in [0.3, 0.4) is 0 Å². The summed E-state index contributed by atoms with van der Waals surface area (Å²) in [4.78, 5) is 0. The van der Waals surface area contributed by atoms with E-state index in [-0.39, 0.29) is 6.29 Å². The lowest BCUT2D eigenvalue weighted by molar-refractivity contribution is -0.157. The van der Waals surface area contributed by atoms with Gasteiger partial charge in [-0.3, -0.25) is 0 Å². The number of ether oxygens (including phenoxy) is 2. The van der Waals surface area contributed by atoms with Crippen LogP contribution in [0.1, 0.15) is 55.4 Å². The van der Waals surface area contributed by atoms with Crippen LogP contribution in [0.2, 0.25) is 0 Å². The maximum Gasteiger partial charge on any atom is 0.158 e. The normalized spacial score (nSPS) is 12.6. The second-order valence-electron chi connectivity index (χ2n) is 6.34. The lowest BCUT2D eigenvalue weighted by Crippen LogP contribution is -2.16. The summed E-state index contributed by atoms with van der Waals surface area (Å²) in [5, 5.41) is 0. The predicted molar refractivity (Wildman–Crippen MR) is 95.4 cm³/mol. The predicted octanol–water partition coefficient (Wildman–Crippen LogP) is 5.59. The summed E-state index contributed by atoms with van der Waals surface area (Å²) in [5.41, 5.74) is 4.99. The van der Waals surface area contributed by atoms with E-state index < -0.39 is 0 Å². The molecule has 0 spiro atoms. The van der Waals surface area contributed by atoms with Gasteiger partial charge in [0.25, 0.3) is 0 Å². The van der Waals surface area contributed by atoms with Crippen molar-refractivity contribution in [3.8, 4) is 0 Å². The van der Waals surface area contributed by atoms with Gasteiger partial charge in [-0.2, -0.15) is 0 Å². The first-order chi connectivity index (χ1) is 11.1. The first-order valence-electron chi connectivity index (χ1n) is 8.46. The van der Waals surface area contributed by atoms with E-state index >= 15 is 0 Å². The van der Waals surface area contributed by atoms with Crippen LogP contribution in [0.4, 0.5) is 0 Å². The van der Waals surface area contributed by atoms with Crippen LogP contribution in [0.5, 0.6) is 0 Å². The van der Waals surface area contributed by atoms with Gasteiger partial charge in [-0.1, -0.05) is 74.9 Å². The highest BCUT2D eigenvalue weighted by atomic mass is 16.7. The van der Waals surface area contributed by atoms with Crippen LogP contribution in [0, 0.1) is 6.92 Å². The molecule has 1 atom stereocenters. The second kappa shape index (κ2) is 8.85. The Morgan fingerprint density at radius 2 is 1.26 bits per heavy atom. The van der Waals surface area contributed by atoms with Crippen molar-refractivity contribution in [2.75, 3.05) is 0 Å². The van der Waals surface area contributed by atoms with Gasteiger partial charge < -0.3 is 9.47 Å². The zero-order chi connectivity index (χ0) is 16.7. The average Bonchev–Trinajstić information content (AvgIpc) is 2.57. The van der Waals surface area contributed by atoms with E-state index in [2.05, 4.69) is 76.2 Å². The zero-order valence-corrected chi connectivity index (χ0v) is 14.7. The first kappa shape index (κ1) is 17.7. The van der Waals surface area contributed by atoms with E-state index in [9.17, 15) is 0 Å². The summed E-state index contributed by atoms with van der Waals surface area (Å²) in [6.07, 6.45) is 0.678. The molecule has 0 bridgehead atoms. The molecule has 2 rings (SSSR count). The van der Waals surface area contributed by atoms with Crippen molar-refractivity contribution in [2.45, 2.75) is 59.5 Å². The molecule has 0 N–H and O–H groups in total. The van der Waals surface area contributed by atoms with Crippen molar-refractivity contribution in [3.05, 3.63) is 70.8 Å². The van der Waals surface area contributed by atoms with E-state index in [1.807, 2.05) is 0 Å². The van der Waals surface area contributed by atoms with E-state index in [0.29, 0.717) is 19.1 Å². The molecule has 0 aliphatic heterocycles. The van der Waals surface area contributed by atoms with Crippen molar-refractivity contribution >= 4 is 0 Å². The minimum Gasteiger partial charge on any atom is -0.348 e. The topological polar surface area (TPSA) is 18.5 Å². The van der Waals surface area contributed by atoms with Crippen LogP contribution in [-0.2, 0) is 22.7 Å². The average molecular weight is 312 g/mol. The maximum atomic E-state index is 5.90. The lowest BCUT2D eigenvalue weighted by Gasteiger charge is -2.17. The van der Waals surface area contributed by atoms with Gasteiger partial charge in [-0.15, -0.1) is 0 Å². The number of rotatable bonds is 8. The van der Waals surface area contributed by atoms with Crippen molar-refractivity contribution < 1.29 is 9.47 Å². The van der Waals surface area contributed by atoms with Crippen LogP contribution >= 0.6 is 0 Å². The molecular formula is C21H28O2. The zero-order valence-electron chi connectivity index (χ0n) is 14.7. The Kier molecular flexibility index (Phi) is 6.82. The third kappa shape index (κ3) is 5.81. The molecule has 23 heavy (non-hydrogen) atoms. The Labute approximate surface area is 140 Å². The van der Waals surface area contributed by atoms with Crippen LogP contribution in [-0.4, -0.2) is 6.29 Å². The fourth-order valence-corrected chi connectivity index (χ4v) is 2.35. The Bertz CT molecular complexity index is 570. The molecule has 2 aromatic rings. The SMILES string of the molecule is CCC(OCc1ccc(C)cc1)OCc1ccc(C(C)C)cc1. The minimum atomic E-state index is -0.166. The fourth-order valence-electron chi connectivity index (χ4n) is 2.35. The van der Waals surface area contributed by atoms with Gasteiger partial charge in [-0.05, 0) is 36.0 Å². The van der Waals surface area contributed by atoms with Gasteiger partial charge in [0.15, 0.2) is 6.29 Å². The number of benzene rings is 2. The van der Waals surface area contributed by atoms with E-state index in [1.54, 1.807) is 0 Å². The van der Waals surface area contributed by atoms with Gasteiger partial charge in [0.2, 0.25) is 0 Å². The molecule has 1 unspecified atom stereocenters.